The SMILES string of the molecule is c1ccc(-n2cccn2)c(NCC2CCCCC2)c1. The van der Waals surface area contributed by atoms with E-state index in [1.54, 1.807) is 0 Å². The number of rotatable bonds is 4. The topological polar surface area (TPSA) is 29.9 Å². The van der Waals surface area contributed by atoms with Crippen molar-refractivity contribution in [2.75, 3.05) is 11.9 Å². The van der Waals surface area contributed by atoms with Gasteiger partial charge in [-0.1, -0.05) is 31.4 Å². The van der Waals surface area contributed by atoms with Gasteiger partial charge in [0.25, 0.3) is 0 Å². The summed E-state index contributed by atoms with van der Waals surface area (Å²) < 4.78 is 1.92. The lowest BCUT2D eigenvalue weighted by atomic mass is 9.89. The molecule has 1 N–H and O–H groups in total. The van der Waals surface area contributed by atoms with Crippen LogP contribution in [0.3, 0.4) is 0 Å². The molecule has 0 aliphatic heterocycles. The Morgan fingerprint density at radius 3 is 2.74 bits per heavy atom. The van der Waals surface area contributed by atoms with Gasteiger partial charge in [0.15, 0.2) is 0 Å². The summed E-state index contributed by atoms with van der Waals surface area (Å²) >= 11 is 0. The van der Waals surface area contributed by atoms with Gasteiger partial charge in [0, 0.05) is 18.9 Å². The highest BCUT2D eigenvalue weighted by Gasteiger charge is 2.13. The second-order valence-electron chi connectivity index (χ2n) is 5.35. The molecule has 100 valence electrons. The molecule has 1 heterocycles. The van der Waals surface area contributed by atoms with Crippen molar-refractivity contribution in [1.82, 2.24) is 9.78 Å². The molecular weight excluding hydrogens is 234 g/mol. The Morgan fingerprint density at radius 1 is 1.11 bits per heavy atom. The quantitative estimate of drug-likeness (QED) is 0.899. The van der Waals surface area contributed by atoms with Gasteiger partial charge in [-0.3, -0.25) is 0 Å². The van der Waals surface area contributed by atoms with Gasteiger partial charge in [-0.05, 0) is 37.0 Å². The molecule has 1 saturated carbocycles. The van der Waals surface area contributed by atoms with Crippen molar-refractivity contribution in [2.45, 2.75) is 32.1 Å². The van der Waals surface area contributed by atoms with Crippen LogP contribution in [0, 0.1) is 5.92 Å². The van der Waals surface area contributed by atoms with Gasteiger partial charge in [0.2, 0.25) is 0 Å². The molecule has 0 saturated heterocycles. The molecule has 19 heavy (non-hydrogen) atoms. The molecule has 1 aliphatic rings. The van der Waals surface area contributed by atoms with Gasteiger partial charge in [0.05, 0.1) is 11.4 Å². The smallest absolute Gasteiger partial charge is 0.0876 e. The Balaban J connectivity index is 1.70. The van der Waals surface area contributed by atoms with Gasteiger partial charge in [-0.25, -0.2) is 4.68 Å². The first-order valence-electron chi connectivity index (χ1n) is 7.26. The lowest BCUT2D eigenvalue weighted by molar-refractivity contribution is 0.373. The fourth-order valence-electron chi connectivity index (χ4n) is 2.88. The molecule has 0 spiro atoms. The Bertz CT molecular complexity index is 498. The summed E-state index contributed by atoms with van der Waals surface area (Å²) in [6, 6.07) is 10.3. The molecule has 1 aromatic carbocycles. The largest absolute Gasteiger partial charge is 0.383 e. The molecule has 0 bridgehead atoms. The summed E-state index contributed by atoms with van der Waals surface area (Å²) in [5.74, 6) is 0.833. The van der Waals surface area contributed by atoms with E-state index in [9.17, 15) is 0 Å². The maximum Gasteiger partial charge on any atom is 0.0876 e. The molecule has 3 rings (SSSR count). The second kappa shape index (κ2) is 5.91. The molecule has 0 radical (unpaired) electrons. The van der Waals surface area contributed by atoms with Crippen LogP contribution < -0.4 is 5.32 Å². The van der Waals surface area contributed by atoms with E-state index in [1.807, 2.05) is 23.1 Å². The first kappa shape index (κ1) is 12.3. The summed E-state index contributed by atoms with van der Waals surface area (Å²) in [6.07, 6.45) is 10.8. The number of aromatic nitrogens is 2. The van der Waals surface area contributed by atoms with Crippen molar-refractivity contribution < 1.29 is 0 Å². The Hall–Kier alpha value is -1.77. The van der Waals surface area contributed by atoms with E-state index >= 15 is 0 Å². The fourth-order valence-corrected chi connectivity index (χ4v) is 2.88. The van der Waals surface area contributed by atoms with E-state index in [-0.39, 0.29) is 0 Å². The second-order valence-corrected chi connectivity index (χ2v) is 5.35. The maximum atomic E-state index is 4.32. The van der Waals surface area contributed by atoms with Crippen LogP contribution >= 0.6 is 0 Å². The highest BCUT2D eigenvalue weighted by Crippen LogP contribution is 2.25. The molecule has 0 atom stereocenters. The molecule has 0 amide bonds. The van der Waals surface area contributed by atoms with Crippen LogP contribution in [0.15, 0.2) is 42.7 Å². The van der Waals surface area contributed by atoms with E-state index in [0.29, 0.717) is 0 Å². The standard InChI is InChI=1S/C16H21N3/c1-2-7-14(8-3-1)13-17-15-9-4-5-10-16(15)19-12-6-11-18-19/h4-6,9-12,14,17H,1-3,7-8,13H2. The average molecular weight is 255 g/mol. The number of hydrogen-bond acceptors (Lipinski definition) is 2. The van der Waals surface area contributed by atoms with E-state index in [0.717, 1.165) is 18.2 Å². The highest BCUT2D eigenvalue weighted by molar-refractivity contribution is 5.60. The number of anilines is 1. The van der Waals surface area contributed by atoms with Gasteiger partial charge < -0.3 is 5.32 Å². The van der Waals surface area contributed by atoms with Crippen LogP contribution in [-0.4, -0.2) is 16.3 Å². The molecule has 2 aromatic rings. The number of hydrogen-bond donors (Lipinski definition) is 1. The fraction of sp³-hybridized carbons (Fsp3) is 0.438. The normalized spacial score (nSPS) is 16.4. The van der Waals surface area contributed by atoms with E-state index in [2.05, 4.69) is 34.7 Å². The molecule has 1 aromatic heterocycles. The maximum absolute atomic E-state index is 4.32. The molecule has 1 fully saturated rings. The van der Waals surface area contributed by atoms with Crippen molar-refractivity contribution in [3.8, 4) is 5.69 Å². The number of nitrogens with one attached hydrogen (secondary N) is 1. The van der Waals surface area contributed by atoms with Crippen molar-refractivity contribution in [1.29, 1.82) is 0 Å². The van der Waals surface area contributed by atoms with Gasteiger partial charge in [0.1, 0.15) is 0 Å². The molecule has 3 heteroatoms. The minimum absolute atomic E-state index is 0.833. The number of para-hydroxylation sites is 2. The predicted octanol–water partition coefficient (Wildman–Crippen LogP) is 3.86. The number of nitrogens with zero attached hydrogens (tertiary/aromatic N) is 2. The summed E-state index contributed by atoms with van der Waals surface area (Å²) in [7, 11) is 0. The Morgan fingerprint density at radius 2 is 1.95 bits per heavy atom. The van der Waals surface area contributed by atoms with Crippen LogP contribution in [0.4, 0.5) is 5.69 Å². The minimum Gasteiger partial charge on any atom is -0.383 e. The molecule has 3 nitrogen and oxygen atoms in total. The lowest BCUT2D eigenvalue weighted by Crippen LogP contribution is -2.18. The van der Waals surface area contributed by atoms with Crippen molar-refractivity contribution >= 4 is 5.69 Å². The molecule has 0 unspecified atom stereocenters. The van der Waals surface area contributed by atoms with Crippen molar-refractivity contribution in [2.24, 2.45) is 5.92 Å². The zero-order valence-corrected chi connectivity index (χ0v) is 11.3. The minimum atomic E-state index is 0.833. The van der Waals surface area contributed by atoms with Crippen molar-refractivity contribution in [3.63, 3.8) is 0 Å². The first-order valence-corrected chi connectivity index (χ1v) is 7.26. The van der Waals surface area contributed by atoms with Crippen LogP contribution in [0.2, 0.25) is 0 Å². The number of benzene rings is 1. The van der Waals surface area contributed by atoms with Crippen LogP contribution in [0.5, 0.6) is 0 Å². The molecule has 1 aliphatic carbocycles. The molecular formula is C16H21N3. The van der Waals surface area contributed by atoms with E-state index < -0.39 is 0 Å². The Labute approximate surface area is 114 Å². The predicted molar refractivity (Wildman–Crippen MR) is 78.6 cm³/mol. The van der Waals surface area contributed by atoms with Crippen LogP contribution in [0.25, 0.3) is 5.69 Å². The summed E-state index contributed by atoms with van der Waals surface area (Å²) in [5.41, 5.74) is 2.31. The highest BCUT2D eigenvalue weighted by atomic mass is 15.3. The van der Waals surface area contributed by atoms with E-state index in [1.165, 1.54) is 37.8 Å². The van der Waals surface area contributed by atoms with Crippen LogP contribution in [-0.2, 0) is 0 Å². The summed E-state index contributed by atoms with van der Waals surface area (Å²) in [4.78, 5) is 0. The first-order chi connectivity index (χ1) is 9.43. The third-order valence-electron chi connectivity index (χ3n) is 3.96. The van der Waals surface area contributed by atoms with Crippen LogP contribution in [0.1, 0.15) is 32.1 Å². The zero-order chi connectivity index (χ0) is 12.9. The summed E-state index contributed by atoms with van der Waals surface area (Å²) in [6.45, 7) is 1.08. The lowest BCUT2D eigenvalue weighted by Gasteiger charge is -2.23. The van der Waals surface area contributed by atoms with Gasteiger partial charge in [-0.2, -0.15) is 5.10 Å². The Kier molecular flexibility index (Phi) is 3.82. The third-order valence-corrected chi connectivity index (χ3v) is 3.96. The third kappa shape index (κ3) is 2.98. The monoisotopic (exact) mass is 255 g/mol. The average Bonchev–Trinajstić information content (AvgIpc) is 3.01. The van der Waals surface area contributed by atoms with E-state index in [4.69, 9.17) is 0 Å². The zero-order valence-electron chi connectivity index (χ0n) is 11.3. The van der Waals surface area contributed by atoms with Gasteiger partial charge in [-0.15, -0.1) is 0 Å². The summed E-state index contributed by atoms with van der Waals surface area (Å²) in [5, 5.41) is 7.93. The van der Waals surface area contributed by atoms with Crippen molar-refractivity contribution in [3.05, 3.63) is 42.7 Å². The van der Waals surface area contributed by atoms with Gasteiger partial charge >= 0.3 is 0 Å².